The first-order chi connectivity index (χ1) is 15.7. The van der Waals surface area contributed by atoms with E-state index in [-0.39, 0.29) is 29.1 Å². The van der Waals surface area contributed by atoms with Gasteiger partial charge >= 0.3 is 0 Å². The highest BCUT2D eigenvalue weighted by Gasteiger charge is 2.56. The van der Waals surface area contributed by atoms with Gasteiger partial charge in [0.15, 0.2) is 0 Å². The highest BCUT2D eigenvalue weighted by molar-refractivity contribution is 5.48. The smallest absolute Gasteiger partial charge is 0.122 e. The average Bonchev–Trinajstić information content (AvgIpc) is 2.77. The Morgan fingerprint density at radius 3 is 2.39 bits per heavy atom. The molecule has 2 aliphatic rings. The van der Waals surface area contributed by atoms with E-state index in [1.165, 1.54) is 23.1 Å². The normalized spacial score (nSPS) is 28.8. The van der Waals surface area contributed by atoms with Gasteiger partial charge in [-0.3, -0.25) is 0 Å². The van der Waals surface area contributed by atoms with Crippen molar-refractivity contribution in [3.63, 3.8) is 0 Å². The molecule has 0 aromatic heterocycles. The van der Waals surface area contributed by atoms with Gasteiger partial charge in [-0.2, -0.15) is 0 Å². The maximum absolute atomic E-state index is 9.96. The van der Waals surface area contributed by atoms with Crippen LogP contribution in [0.15, 0.2) is 48.5 Å². The van der Waals surface area contributed by atoms with E-state index in [1.54, 1.807) is 0 Å². The summed E-state index contributed by atoms with van der Waals surface area (Å²) in [7, 11) is 1.81. The van der Waals surface area contributed by atoms with E-state index in [2.05, 4.69) is 76.2 Å². The van der Waals surface area contributed by atoms with Crippen molar-refractivity contribution in [2.24, 2.45) is 17.3 Å². The Bertz CT molecular complexity index is 921. The summed E-state index contributed by atoms with van der Waals surface area (Å²) in [4.78, 5) is 0. The molecule has 2 aromatic rings. The second kappa shape index (κ2) is 9.43. The third-order valence-corrected chi connectivity index (χ3v) is 8.75. The molecule has 0 amide bonds. The number of rotatable bonds is 7. The van der Waals surface area contributed by atoms with Gasteiger partial charge in [0.05, 0.1) is 25.4 Å². The molecule has 33 heavy (non-hydrogen) atoms. The number of hydrogen-bond donors (Lipinski definition) is 1. The molecule has 0 heterocycles. The van der Waals surface area contributed by atoms with E-state index < -0.39 is 0 Å². The van der Waals surface area contributed by atoms with Crippen LogP contribution in [-0.4, -0.2) is 24.4 Å². The fraction of sp³-hybridized carbons (Fsp3) is 0.600. The number of aliphatic hydroxyl groups excluding tert-OH is 1. The number of hydrogen-bond acceptors (Lipinski definition) is 3. The topological polar surface area (TPSA) is 38.7 Å². The summed E-state index contributed by atoms with van der Waals surface area (Å²) in [5, 5.41) is 9.96. The Hall–Kier alpha value is -1.84. The van der Waals surface area contributed by atoms with E-state index in [9.17, 15) is 5.11 Å². The van der Waals surface area contributed by atoms with Crippen LogP contribution in [0.1, 0.15) is 83.1 Å². The predicted molar refractivity (Wildman–Crippen MR) is 135 cm³/mol. The molecule has 0 aliphatic heterocycles. The molecule has 3 heteroatoms. The molecule has 3 nitrogen and oxygen atoms in total. The summed E-state index contributed by atoms with van der Waals surface area (Å²) < 4.78 is 12.6. The maximum atomic E-state index is 9.96. The van der Waals surface area contributed by atoms with E-state index >= 15 is 0 Å². The Kier molecular flexibility index (Phi) is 6.94. The van der Waals surface area contributed by atoms with Crippen molar-refractivity contribution in [2.45, 2.75) is 90.4 Å². The predicted octanol–water partition coefficient (Wildman–Crippen LogP) is 6.87. The summed E-state index contributed by atoms with van der Waals surface area (Å²) in [5.74, 6) is 2.01. The van der Waals surface area contributed by atoms with Crippen molar-refractivity contribution in [1.82, 2.24) is 0 Å². The molecule has 2 aromatic carbocycles. The Morgan fingerprint density at radius 2 is 1.73 bits per heavy atom. The molecule has 4 rings (SSSR count). The molecule has 0 unspecified atom stereocenters. The minimum absolute atomic E-state index is 0.00601. The van der Waals surface area contributed by atoms with Gasteiger partial charge in [0, 0.05) is 5.56 Å². The molecule has 0 saturated heterocycles. The molecule has 6 atom stereocenters. The standard InChI is InChI=1S/C30H42O3/c1-20(31)19-21(2)33-28(23-11-8-7-9-12-23)24-17-18-30(5)26(29(24,3)4)16-15-22-13-10-14-25(32-6)27(22)30/h7-14,20-21,24,26,28,31H,15-19H2,1-6H3/t20-,21-,24+,26-,28-,30-/m0/s1. The van der Waals surface area contributed by atoms with Crippen molar-refractivity contribution >= 4 is 0 Å². The first-order valence-electron chi connectivity index (χ1n) is 12.7. The number of fused-ring (bicyclic) bond motifs is 3. The third kappa shape index (κ3) is 4.47. The number of aliphatic hydroxyl groups is 1. The van der Waals surface area contributed by atoms with Gasteiger partial charge in [0.1, 0.15) is 5.75 Å². The van der Waals surface area contributed by atoms with Crippen LogP contribution in [0.5, 0.6) is 5.75 Å². The molecular formula is C30H42O3. The second-order valence-electron chi connectivity index (χ2n) is 11.3. The lowest BCUT2D eigenvalue weighted by Gasteiger charge is -2.59. The lowest BCUT2D eigenvalue weighted by molar-refractivity contribution is -0.123. The van der Waals surface area contributed by atoms with Gasteiger partial charge in [0.25, 0.3) is 0 Å². The van der Waals surface area contributed by atoms with Crippen LogP contribution in [0.25, 0.3) is 0 Å². The van der Waals surface area contributed by atoms with Crippen molar-refractivity contribution in [3.8, 4) is 5.75 Å². The number of methoxy groups -OCH3 is 1. The molecule has 0 spiro atoms. The van der Waals surface area contributed by atoms with Gasteiger partial charge < -0.3 is 14.6 Å². The molecule has 2 aliphatic carbocycles. The van der Waals surface area contributed by atoms with Crippen molar-refractivity contribution < 1.29 is 14.6 Å². The molecule has 0 radical (unpaired) electrons. The van der Waals surface area contributed by atoms with Crippen LogP contribution >= 0.6 is 0 Å². The average molecular weight is 451 g/mol. The lowest BCUT2D eigenvalue weighted by Crippen LogP contribution is -2.53. The first kappa shape index (κ1) is 24.3. The summed E-state index contributed by atoms with van der Waals surface area (Å²) in [6.07, 6.45) is 4.88. The Morgan fingerprint density at radius 1 is 1.00 bits per heavy atom. The van der Waals surface area contributed by atoms with E-state index in [0.717, 1.165) is 25.0 Å². The van der Waals surface area contributed by atoms with Crippen LogP contribution in [0, 0.1) is 17.3 Å². The quantitative estimate of drug-likeness (QED) is 0.500. The number of ether oxygens (including phenoxy) is 2. The van der Waals surface area contributed by atoms with Crippen LogP contribution < -0.4 is 4.74 Å². The lowest BCUT2D eigenvalue weighted by atomic mass is 9.46. The summed E-state index contributed by atoms with van der Waals surface area (Å²) in [6, 6.07) is 17.3. The molecule has 1 fully saturated rings. The fourth-order valence-electron chi connectivity index (χ4n) is 7.35. The molecule has 1 N–H and O–H groups in total. The highest BCUT2D eigenvalue weighted by Crippen LogP contribution is 2.63. The van der Waals surface area contributed by atoms with Crippen LogP contribution in [0.4, 0.5) is 0 Å². The zero-order valence-electron chi connectivity index (χ0n) is 21.3. The Balaban J connectivity index is 1.71. The van der Waals surface area contributed by atoms with Gasteiger partial charge in [0.2, 0.25) is 0 Å². The Labute approximate surface area is 200 Å². The van der Waals surface area contributed by atoms with Crippen molar-refractivity contribution in [1.29, 1.82) is 0 Å². The maximum Gasteiger partial charge on any atom is 0.122 e. The zero-order valence-corrected chi connectivity index (χ0v) is 21.3. The van der Waals surface area contributed by atoms with Gasteiger partial charge in [-0.25, -0.2) is 0 Å². The molecule has 0 bridgehead atoms. The van der Waals surface area contributed by atoms with E-state index in [1.807, 2.05) is 14.0 Å². The van der Waals surface area contributed by atoms with E-state index in [0.29, 0.717) is 18.3 Å². The third-order valence-electron chi connectivity index (χ3n) is 8.75. The molecular weight excluding hydrogens is 408 g/mol. The molecule has 1 saturated carbocycles. The number of aryl methyl sites for hydroxylation is 1. The van der Waals surface area contributed by atoms with E-state index in [4.69, 9.17) is 9.47 Å². The highest BCUT2D eigenvalue weighted by atomic mass is 16.5. The van der Waals surface area contributed by atoms with Crippen LogP contribution in [0.3, 0.4) is 0 Å². The van der Waals surface area contributed by atoms with Gasteiger partial charge in [-0.1, -0.05) is 63.2 Å². The monoisotopic (exact) mass is 450 g/mol. The van der Waals surface area contributed by atoms with Crippen molar-refractivity contribution in [2.75, 3.05) is 7.11 Å². The summed E-state index contributed by atoms with van der Waals surface area (Å²) in [6.45, 7) is 11.4. The largest absolute Gasteiger partial charge is 0.496 e. The van der Waals surface area contributed by atoms with Gasteiger partial charge in [-0.15, -0.1) is 0 Å². The van der Waals surface area contributed by atoms with Crippen LogP contribution in [-0.2, 0) is 16.6 Å². The summed E-state index contributed by atoms with van der Waals surface area (Å²) in [5.41, 5.74) is 4.35. The fourth-order valence-corrected chi connectivity index (χ4v) is 7.35. The van der Waals surface area contributed by atoms with Gasteiger partial charge in [-0.05, 0) is 85.8 Å². The minimum Gasteiger partial charge on any atom is -0.496 e. The second-order valence-corrected chi connectivity index (χ2v) is 11.3. The minimum atomic E-state index is -0.360. The first-order valence-corrected chi connectivity index (χ1v) is 12.7. The molecule has 180 valence electrons. The van der Waals surface area contributed by atoms with Crippen molar-refractivity contribution in [3.05, 3.63) is 65.2 Å². The number of benzene rings is 2. The van der Waals surface area contributed by atoms with Crippen LogP contribution in [0.2, 0.25) is 0 Å². The SMILES string of the molecule is COc1cccc2c1[C@@]1(C)CC[C@H]([C@@H](O[C@@H](C)C[C@H](C)O)c3ccccc3)C(C)(C)[C@@H]1CC2. The summed E-state index contributed by atoms with van der Waals surface area (Å²) >= 11 is 0. The zero-order chi connectivity index (χ0) is 23.8.